The molecule has 0 radical (unpaired) electrons. The van der Waals surface area contributed by atoms with Crippen molar-refractivity contribution in [2.75, 3.05) is 6.61 Å². The molecular weight excluding hydrogens is 436 g/mol. The van der Waals surface area contributed by atoms with E-state index in [-0.39, 0.29) is 24.5 Å². The van der Waals surface area contributed by atoms with Gasteiger partial charge in [-0.25, -0.2) is 9.67 Å². The molecule has 0 unspecified atom stereocenters. The van der Waals surface area contributed by atoms with Crippen LogP contribution in [0.25, 0.3) is 11.4 Å². The average Bonchev–Trinajstić information content (AvgIpc) is 3.38. The highest BCUT2D eigenvalue weighted by Crippen LogP contribution is 2.32. The van der Waals surface area contributed by atoms with E-state index in [1.54, 1.807) is 4.68 Å². The lowest BCUT2D eigenvalue weighted by molar-refractivity contribution is 0.0785. The molecule has 2 aromatic rings. The van der Waals surface area contributed by atoms with Gasteiger partial charge in [0, 0.05) is 30.8 Å². The van der Waals surface area contributed by atoms with E-state index in [0.717, 1.165) is 16.1 Å². The summed E-state index contributed by atoms with van der Waals surface area (Å²) < 4.78 is 8.50. The molecule has 1 fully saturated rings. The third-order valence-electron chi connectivity index (χ3n) is 4.86. The van der Waals surface area contributed by atoms with E-state index in [2.05, 4.69) is 51.0 Å². The monoisotopic (exact) mass is 464 g/mol. The third-order valence-corrected chi connectivity index (χ3v) is 7.05. The number of halogens is 1. The van der Waals surface area contributed by atoms with Gasteiger partial charge in [0.2, 0.25) is 5.82 Å². The van der Waals surface area contributed by atoms with E-state index in [4.69, 9.17) is 4.74 Å². The number of amides is 1. The summed E-state index contributed by atoms with van der Waals surface area (Å²) in [7, 11) is -1.16. The molecule has 0 saturated heterocycles. The van der Waals surface area contributed by atoms with Gasteiger partial charge >= 0.3 is 0 Å². The molecule has 0 bridgehead atoms. The lowest BCUT2D eigenvalue weighted by atomic mass is 10.2. The predicted molar refractivity (Wildman–Crippen MR) is 117 cm³/mol. The van der Waals surface area contributed by atoms with Crippen molar-refractivity contribution < 1.29 is 9.53 Å². The van der Waals surface area contributed by atoms with E-state index < -0.39 is 8.07 Å². The van der Waals surface area contributed by atoms with Crippen molar-refractivity contribution in [3.63, 3.8) is 0 Å². The first-order valence-electron chi connectivity index (χ1n) is 9.82. The van der Waals surface area contributed by atoms with Crippen LogP contribution in [0.15, 0.2) is 28.7 Å². The van der Waals surface area contributed by atoms with Crippen LogP contribution in [0, 0.1) is 5.92 Å². The minimum Gasteiger partial charge on any atom is -0.359 e. The summed E-state index contributed by atoms with van der Waals surface area (Å²) in [6, 6.07) is 9.07. The Morgan fingerprint density at radius 2 is 2.14 bits per heavy atom. The van der Waals surface area contributed by atoms with Crippen molar-refractivity contribution in [3.8, 4) is 11.4 Å². The molecule has 0 spiro atoms. The number of rotatable bonds is 9. The molecule has 28 heavy (non-hydrogen) atoms. The molecule has 1 aromatic heterocycles. The highest BCUT2D eigenvalue weighted by atomic mass is 79.9. The molecule has 1 saturated carbocycles. The van der Waals surface area contributed by atoms with Crippen molar-refractivity contribution in [3.05, 3.63) is 34.6 Å². The maximum absolute atomic E-state index is 12.6. The van der Waals surface area contributed by atoms with Gasteiger partial charge in [-0.05, 0) is 43.9 Å². The maximum atomic E-state index is 12.6. The summed E-state index contributed by atoms with van der Waals surface area (Å²) in [5.74, 6) is 1.19. The van der Waals surface area contributed by atoms with E-state index >= 15 is 0 Å². The first-order valence-corrected chi connectivity index (χ1v) is 14.3. The largest absolute Gasteiger partial charge is 0.359 e. The normalized spacial score (nSPS) is 15.5. The molecule has 1 atom stereocenters. The van der Waals surface area contributed by atoms with Crippen LogP contribution >= 0.6 is 15.9 Å². The molecule has 8 heteroatoms. The quantitative estimate of drug-likeness (QED) is 0.436. The Morgan fingerprint density at radius 1 is 1.39 bits per heavy atom. The van der Waals surface area contributed by atoms with E-state index in [1.807, 2.05) is 31.2 Å². The van der Waals surface area contributed by atoms with Crippen molar-refractivity contribution >= 4 is 29.9 Å². The van der Waals surface area contributed by atoms with Crippen molar-refractivity contribution in [1.82, 2.24) is 20.1 Å². The number of hydrogen-bond acceptors (Lipinski definition) is 4. The van der Waals surface area contributed by atoms with Gasteiger partial charge in [0.05, 0.1) is 0 Å². The lowest BCUT2D eigenvalue weighted by Gasteiger charge is -2.15. The second-order valence-corrected chi connectivity index (χ2v) is 15.3. The summed E-state index contributed by atoms with van der Waals surface area (Å²) in [6.45, 7) is 9.98. The van der Waals surface area contributed by atoms with Gasteiger partial charge in [0.25, 0.3) is 5.91 Å². The second-order valence-electron chi connectivity index (χ2n) is 8.72. The highest BCUT2D eigenvalue weighted by molar-refractivity contribution is 9.10. The Balaban J connectivity index is 1.77. The first kappa shape index (κ1) is 21.2. The van der Waals surface area contributed by atoms with Gasteiger partial charge in [-0.15, -0.1) is 5.10 Å². The molecule has 1 amide bonds. The fraction of sp³-hybridized carbons (Fsp3) is 0.550. The Labute approximate surface area is 176 Å². The zero-order valence-corrected chi connectivity index (χ0v) is 19.6. The molecule has 1 heterocycles. The fourth-order valence-electron chi connectivity index (χ4n) is 2.88. The molecule has 1 N–H and O–H groups in total. The number of nitrogens with zero attached hydrogens (tertiary/aromatic N) is 3. The number of carbonyl (C=O) groups excluding carboxylic acids is 1. The summed E-state index contributed by atoms with van der Waals surface area (Å²) in [6.07, 6.45) is 2.36. The number of ether oxygens (including phenoxy) is 1. The van der Waals surface area contributed by atoms with Crippen molar-refractivity contribution in [2.45, 2.75) is 58.2 Å². The molecule has 6 nitrogen and oxygen atoms in total. The third kappa shape index (κ3) is 5.99. The van der Waals surface area contributed by atoms with Gasteiger partial charge in [0.15, 0.2) is 5.82 Å². The van der Waals surface area contributed by atoms with E-state index in [1.165, 1.54) is 12.8 Å². The number of benzene rings is 1. The van der Waals surface area contributed by atoms with Gasteiger partial charge < -0.3 is 10.1 Å². The number of carbonyl (C=O) groups is 1. The SMILES string of the molecule is C[C@H](NC(=O)c1nc(-c2cccc(Br)c2)n(COCC[Si](C)(C)C)n1)C1CC1. The van der Waals surface area contributed by atoms with Crippen molar-refractivity contribution in [2.24, 2.45) is 5.92 Å². The first-order chi connectivity index (χ1) is 13.2. The minimum absolute atomic E-state index is 0.154. The summed E-state index contributed by atoms with van der Waals surface area (Å²) >= 11 is 3.50. The number of nitrogens with one attached hydrogen (secondary N) is 1. The van der Waals surface area contributed by atoms with Crippen LogP contribution in [0.1, 0.15) is 30.4 Å². The van der Waals surface area contributed by atoms with Crippen LogP contribution in [-0.4, -0.2) is 41.4 Å². The maximum Gasteiger partial charge on any atom is 0.291 e. The van der Waals surface area contributed by atoms with Gasteiger partial charge in [-0.3, -0.25) is 4.79 Å². The molecular formula is C20H29BrN4O2Si. The van der Waals surface area contributed by atoms with Crippen molar-refractivity contribution in [1.29, 1.82) is 0 Å². The molecule has 0 aliphatic heterocycles. The van der Waals surface area contributed by atoms with Crippen LogP contribution in [-0.2, 0) is 11.5 Å². The standard InChI is InChI=1S/C20H29BrN4O2Si/c1-14(15-8-9-15)22-20(26)18-23-19(16-6-5-7-17(21)12-16)25(24-18)13-27-10-11-28(2,3)4/h5-7,12,14-15H,8-11,13H2,1-4H3,(H,22,26)/t14-/m0/s1. The molecule has 1 aliphatic carbocycles. The topological polar surface area (TPSA) is 69.0 Å². The smallest absolute Gasteiger partial charge is 0.291 e. The predicted octanol–water partition coefficient (Wildman–Crippen LogP) is 4.55. The zero-order chi connectivity index (χ0) is 20.3. The van der Waals surface area contributed by atoms with Crippen LogP contribution in [0.3, 0.4) is 0 Å². The molecule has 152 valence electrons. The molecule has 1 aromatic carbocycles. The van der Waals surface area contributed by atoms with Crippen LogP contribution < -0.4 is 5.32 Å². The van der Waals surface area contributed by atoms with Crippen LogP contribution in [0.4, 0.5) is 0 Å². The van der Waals surface area contributed by atoms with E-state index in [9.17, 15) is 4.79 Å². The fourth-order valence-corrected chi connectivity index (χ4v) is 4.04. The van der Waals surface area contributed by atoms with Gasteiger partial charge in [-0.1, -0.05) is 47.7 Å². The zero-order valence-electron chi connectivity index (χ0n) is 17.0. The molecule has 1 aliphatic rings. The average molecular weight is 465 g/mol. The highest BCUT2D eigenvalue weighted by Gasteiger charge is 2.30. The summed E-state index contributed by atoms with van der Waals surface area (Å²) in [5.41, 5.74) is 0.893. The van der Waals surface area contributed by atoms with Gasteiger partial charge in [0.1, 0.15) is 6.73 Å². The molecule has 3 rings (SSSR count). The van der Waals surface area contributed by atoms with Crippen LogP contribution in [0.5, 0.6) is 0 Å². The van der Waals surface area contributed by atoms with E-state index in [0.29, 0.717) is 18.3 Å². The Bertz CT molecular complexity index is 830. The van der Waals surface area contributed by atoms with Crippen LogP contribution in [0.2, 0.25) is 25.7 Å². The second kappa shape index (κ2) is 8.88. The summed E-state index contributed by atoms with van der Waals surface area (Å²) in [4.78, 5) is 17.1. The minimum atomic E-state index is -1.16. The lowest BCUT2D eigenvalue weighted by Crippen LogP contribution is -2.34. The Morgan fingerprint density at radius 3 is 2.79 bits per heavy atom. The Kier molecular flexibility index (Phi) is 6.72. The summed E-state index contributed by atoms with van der Waals surface area (Å²) in [5, 5.41) is 7.47. The van der Waals surface area contributed by atoms with Gasteiger partial charge in [-0.2, -0.15) is 0 Å². The number of aromatic nitrogens is 3. The number of hydrogen-bond donors (Lipinski definition) is 1. The Hall–Kier alpha value is -1.51.